The lowest BCUT2D eigenvalue weighted by Crippen LogP contribution is -2.39. The maximum Gasteiger partial charge on any atom is 0.126 e. The van der Waals surface area contributed by atoms with Crippen molar-refractivity contribution in [2.45, 2.75) is 11.8 Å². The molecule has 146 valence electrons. The maximum absolute atomic E-state index is 6.43. The molecule has 0 aliphatic carbocycles. The number of rotatable bonds is 2. The van der Waals surface area contributed by atoms with Crippen LogP contribution in [0.5, 0.6) is 11.5 Å². The Hall–Kier alpha value is -3.52. The van der Waals surface area contributed by atoms with Gasteiger partial charge in [0.2, 0.25) is 0 Å². The Morgan fingerprint density at radius 2 is 1.20 bits per heavy atom. The smallest absolute Gasteiger partial charge is 0.126 e. The van der Waals surface area contributed by atoms with Gasteiger partial charge in [-0.3, -0.25) is 0 Å². The fourth-order valence-corrected chi connectivity index (χ4v) is 4.85. The molecule has 0 N–H and O–H groups in total. The molecule has 2 aliphatic rings. The van der Waals surface area contributed by atoms with Crippen LogP contribution in [0.15, 0.2) is 84.9 Å². The van der Waals surface area contributed by atoms with E-state index in [2.05, 4.69) is 97.1 Å². The zero-order chi connectivity index (χ0) is 20.0. The second-order valence-corrected chi connectivity index (χ2v) is 8.03. The number of hydrogen-bond donors (Lipinski definition) is 0. The summed E-state index contributed by atoms with van der Waals surface area (Å²) in [6.45, 7) is 1.34. The van der Waals surface area contributed by atoms with Gasteiger partial charge in [0, 0.05) is 16.9 Å². The Morgan fingerprint density at radius 3 is 1.87 bits per heavy atom. The van der Waals surface area contributed by atoms with Gasteiger partial charge in [0.1, 0.15) is 18.1 Å². The average Bonchev–Trinajstić information content (AvgIpc) is 2.84. The average molecular weight is 390 g/mol. The lowest BCUT2D eigenvalue weighted by atomic mass is 9.73. The SMILES string of the molecule is C1=c2c(ccc3c4c(ccc23)OCC(c2ccccc2)(c2ccccc2)C=4)OCC1. The third-order valence-corrected chi connectivity index (χ3v) is 6.35. The summed E-state index contributed by atoms with van der Waals surface area (Å²) in [6.07, 6.45) is 5.65. The molecular formula is C28H22O2. The van der Waals surface area contributed by atoms with Crippen LogP contribution in [0.25, 0.3) is 22.9 Å². The molecule has 0 spiro atoms. The summed E-state index contributed by atoms with van der Waals surface area (Å²) < 4.78 is 12.3. The number of fused-ring (bicyclic) bond motifs is 5. The quantitative estimate of drug-likeness (QED) is 0.499. The van der Waals surface area contributed by atoms with E-state index in [0.717, 1.165) is 29.7 Å². The summed E-state index contributed by atoms with van der Waals surface area (Å²) in [5.74, 6) is 1.92. The molecule has 0 saturated carbocycles. The summed E-state index contributed by atoms with van der Waals surface area (Å²) in [6, 6.07) is 29.9. The van der Waals surface area contributed by atoms with Crippen LogP contribution in [-0.2, 0) is 5.41 Å². The molecule has 4 aromatic carbocycles. The van der Waals surface area contributed by atoms with E-state index in [4.69, 9.17) is 9.47 Å². The molecule has 0 saturated heterocycles. The van der Waals surface area contributed by atoms with E-state index in [0.29, 0.717) is 6.61 Å². The van der Waals surface area contributed by atoms with Crippen LogP contribution in [0.4, 0.5) is 0 Å². The molecule has 0 atom stereocenters. The monoisotopic (exact) mass is 390 g/mol. The summed E-state index contributed by atoms with van der Waals surface area (Å²) in [5.41, 5.74) is 2.15. The van der Waals surface area contributed by atoms with Gasteiger partial charge < -0.3 is 9.47 Å². The minimum atomic E-state index is -0.333. The molecule has 2 heterocycles. The van der Waals surface area contributed by atoms with E-state index < -0.39 is 0 Å². The fourth-order valence-electron chi connectivity index (χ4n) is 4.85. The molecule has 2 heteroatoms. The summed E-state index contributed by atoms with van der Waals surface area (Å²) in [5, 5.41) is 4.80. The van der Waals surface area contributed by atoms with Crippen molar-refractivity contribution in [1.82, 2.24) is 0 Å². The van der Waals surface area contributed by atoms with E-state index in [9.17, 15) is 0 Å². The van der Waals surface area contributed by atoms with Gasteiger partial charge in [0.05, 0.1) is 12.0 Å². The molecule has 0 bridgehead atoms. The van der Waals surface area contributed by atoms with E-state index in [1.54, 1.807) is 0 Å². The van der Waals surface area contributed by atoms with Crippen LogP contribution < -0.4 is 19.9 Å². The molecule has 2 aliphatic heterocycles. The zero-order valence-corrected chi connectivity index (χ0v) is 16.7. The van der Waals surface area contributed by atoms with Crippen LogP contribution in [0.2, 0.25) is 0 Å². The lowest BCUT2D eigenvalue weighted by Gasteiger charge is -2.35. The van der Waals surface area contributed by atoms with Gasteiger partial charge in [-0.05, 0) is 46.2 Å². The molecule has 6 rings (SSSR count). The Kier molecular flexibility index (Phi) is 3.92. The molecule has 0 amide bonds. The normalized spacial score (nSPS) is 16.3. The Balaban J connectivity index is 1.70. The van der Waals surface area contributed by atoms with Crippen LogP contribution in [0.1, 0.15) is 17.5 Å². The Labute approximate surface area is 175 Å². The van der Waals surface area contributed by atoms with Gasteiger partial charge in [-0.25, -0.2) is 0 Å². The van der Waals surface area contributed by atoms with Crippen molar-refractivity contribution < 1.29 is 9.47 Å². The molecule has 4 aromatic rings. The minimum absolute atomic E-state index is 0.333. The van der Waals surface area contributed by atoms with Crippen molar-refractivity contribution in [2.75, 3.05) is 13.2 Å². The number of benzene rings is 4. The van der Waals surface area contributed by atoms with Crippen LogP contribution in [-0.4, -0.2) is 13.2 Å². The van der Waals surface area contributed by atoms with Crippen molar-refractivity contribution in [3.63, 3.8) is 0 Å². The van der Waals surface area contributed by atoms with Gasteiger partial charge in [0.25, 0.3) is 0 Å². The van der Waals surface area contributed by atoms with E-state index in [-0.39, 0.29) is 5.41 Å². The van der Waals surface area contributed by atoms with Crippen molar-refractivity contribution in [1.29, 1.82) is 0 Å². The van der Waals surface area contributed by atoms with E-state index >= 15 is 0 Å². The van der Waals surface area contributed by atoms with Crippen molar-refractivity contribution >= 4 is 22.9 Å². The van der Waals surface area contributed by atoms with Crippen molar-refractivity contribution in [3.8, 4) is 11.5 Å². The third-order valence-electron chi connectivity index (χ3n) is 6.35. The molecule has 2 nitrogen and oxygen atoms in total. The van der Waals surface area contributed by atoms with Gasteiger partial charge in [-0.1, -0.05) is 72.8 Å². The number of hydrogen-bond acceptors (Lipinski definition) is 2. The topological polar surface area (TPSA) is 18.5 Å². The summed E-state index contributed by atoms with van der Waals surface area (Å²) in [4.78, 5) is 0. The van der Waals surface area contributed by atoms with Crippen LogP contribution >= 0.6 is 0 Å². The fraction of sp³-hybridized carbons (Fsp3) is 0.143. The minimum Gasteiger partial charge on any atom is -0.493 e. The zero-order valence-electron chi connectivity index (χ0n) is 16.7. The van der Waals surface area contributed by atoms with E-state index in [1.807, 2.05) is 0 Å². The standard InChI is InChI=1S/C28H22O2/c1-3-8-20(9-4-1)28(21-10-5-2-6-11-21)18-25-23-14-15-26-24(12-7-17-29-26)22(23)13-16-27(25)30-19-28/h1-6,8-16,18H,7,17,19H2. The summed E-state index contributed by atoms with van der Waals surface area (Å²) >= 11 is 0. The highest BCUT2D eigenvalue weighted by Crippen LogP contribution is 2.37. The second-order valence-electron chi connectivity index (χ2n) is 8.03. The van der Waals surface area contributed by atoms with Gasteiger partial charge in [-0.2, -0.15) is 0 Å². The largest absolute Gasteiger partial charge is 0.493 e. The highest BCUT2D eigenvalue weighted by Gasteiger charge is 2.35. The predicted octanol–water partition coefficient (Wildman–Crippen LogP) is 4.56. The first-order chi connectivity index (χ1) is 14.9. The van der Waals surface area contributed by atoms with Crippen molar-refractivity contribution in [3.05, 3.63) is 106 Å². The first kappa shape index (κ1) is 17.3. The highest BCUT2D eigenvalue weighted by atomic mass is 16.5. The molecule has 0 aromatic heterocycles. The Bertz CT molecular complexity index is 1320. The lowest BCUT2D eigenvalue weighted by molar-refractivity contribution is 0.267. The molecular weight excluding hydrogens is 368 g/mol. The summed E-state index contributed by atoms with van der Waals surface area (Å²) in [7, 11) is 0. The third kappa shape index (κ3) is 2.57. The molecule has 0 unspecified atom stereocenters. The molecule has 0 fully saturated rings. The van der Waals surface area contributed by atoms with Gasteiger partial charge in [-0.15, -0.1) is 0 Å². The molecule has 30 heavy (non-hydrogen) atoms. The first-order valence-electron chi connectivity index (χ1n) is 10.5. The van der Waals surface area contributed by atoms with E-state index in [1.165, 1.54) is 27.1 Å². The van der Waals surface area contributed by atoms with Crippen LogP contribution in [0.3, 0.4) is 0 Å². The van der Waals surface area contributed by atoms with Crippen LogP contribution in [0, 0.1) is 0 Å². The van der Waals surface area contributed by atoms with Gasteiger partial charge >= 0.3 is 0 Å². The first-order valence-corrected chi connectivity index (χ1v) is 10.5. The van der Waals surface area contributed by atoms with Gasteiger partial charge in [0.15, 0.2) is 0 Å². The molecule has 0 radical (unpaired) electrons. The van der Waals surface area contributed by atoms with Crippen molar-refractivity contribution in [2.24, 2.45) is 0 Å². The second kappa shape index (κ2) is 6.77. The highest BCUT2D eigenvalue weighted by molar-refractivity contribution is 5.89. The Morgan fingerprint density at radius 1 is 0.600 bits per heavy atom. The number of ether oxygens (including phenoxy) is 2. The maximum atomic E-state index is 6.43. The predicted molar refractivity (Wildman–Crippen MR) is 121 cm³/mol.